The highest BCUT2D eigenvalue weighted by Crippen LogP contribution is 2.34. The lowest BCUT2D eigenvalue weighted by atomic mass is 10.1. The molecule has 5 aromatic heterocycles. The molecule has 6 aliphatic heterocycles. The minimum atomic E-state index is -1.31. The number of aliphatic imine (C=N–C) groups is 1. The molecule has 706 valence electrons. The number of aliphatic hydroxyl groups excluding tert-OH is 2. The summed E-state index contributed by atoms with van der Waals surface area (Å²) in [6, 6.07) is 16.5. The molecular weight excluding hydrogens is 1750 g/mol. The monoisotopic (exact) mass is 1840 g/mol. The Morgan fingerprint density at radius 1 is 0.538 bits per heavy atom. The van der Waals surface area contributed by atoms with Crippen LogP contribution in [0.1, 0.15) is 100 Å². The van der Waals surface area contributed by atoms with E-state index in [1.54, 1.807) is 55.5 Å². The van der Waals surface area contributed by atoms with E-state index in [1.165, 1.54) is 66.1 Å². The van der Waals surface area contributed by atoms with Gasteiger partial charge in [0.25, 0.3) is 45.5 Å². The lowest BCUT2D eigenvalue weighted by Gasteiger charge is -2.31. The highest BCUT2D eigenvalue weighted by molar-refractivity contribution is 6.00. The molecule has 53 nitrogen and oxygen atoms in total. The van der Waals surface area contributed by atoms with E-state index in [1.807, 2.05) is 9.80 Å². The minimum absolute atomic E-state index is 0.00119. The number of aliphatic carboxylic acids is 6. The largest absolute Gasteiger partial charge is 0.481 e. The van der Waals surface area contributed by atoms with Gasteiger partial charge in [-0.25, -0.2) is 29.0 Å². The molecule has 11 heterocycles. The Labute approximate surface area is 742 Å². The Bertz CT molecular complexity index is 6000. The van der Waals surface area contributed by atoms with Crippen LogP contribution in [0.5, 0.6) is 0 Å². The van der Waals surface area contributed by atoms with E-state index < -0.39 is 137 Å². The molecule has 8 aromatic rings. The number of H-pyrrole nitrogens is 5. The van der Waals surface area contributed by atoms with Gasteiger partial charge in [0, 0.05) is 130 Å². The number of carboxylic acids is 6. The number of hydrogen-bond donors (Lipinski definition) is 25. The molecule has 6 aliphatic rings. The fourth-order valence-electron chi connectivity index (χ4n) is 13.9. The van der Waals surface area contributed by atoms with Crippen LogP contribution in [0.25, 0.3) is 0 Å². The number of rotatable bonds is 31. The van der Waals surface area contributed by atoms with E-state index in [0.29, 0.717) is 110 Å². The number of aromatic nitrogens is 10. The third kappa shape index (κ3) is 26.9. The number of aromatic amines is 5. The predicted molar refractivity (Wildman–Crippen MR) is 470 cm³/mol. The fraction of sp³-hybridized carbons (Fsp3) is 0.392. The van der Waals surface area contributed by atoms with Crippen molar-refractivity contribution in [3.8, 4) is 0 Å². The van der Waals surface area contributed by atoms with Crippen molar-refractivity contribution < 1.29 is 103 Å². The van der Waals surface area contributed by atoms with Crippen molar-refractivity contribution in [1.82, 2.24) is 65.0 Å². The minimum Gasteiger partial charge on any atom is -0.481 e. The summed E-state index contributed by atoms with van der Waals surface area (Å²) in [5.41, 5.74) is 18.4. The predicted octanol–water partition coefficient (Wildman–Crippen LogP) is -2.82. The topological polar surface area (TPSA) is 805 Å². The quantitative estimate of drug-likeness (QED) is 0.0208. The lowest BCUT2D eigenvalue weighted by molar-refractivity contribution is -0.142. The molecule has 0 spiro atoms. The van der Waals surface area contributed by atoms with E-state index in [0.717, 1.165) is 5.69 Å². The fourth-order valence-corrected chi connectivity index (χ4v) is 13.9. The third-order valence-corrected chi connectivity index (χ3v) is 20.6. The van der Waals surface area contributed by atoms with Crippen LogP contribution in [0, 0.1) is 6.92 Å². The number of carbonyl (C=O) groups is 9. The lowest BCUT2D eigenvalue weighted by Crippen LogP contribution is -2.44. The first-order valence-corrected chi connectivity index (χ1v) is 40.4. The SMILES string of the molecule is COC[C@H]1O[C@@H](n2cc(C)c(=O)[nH]c2=O)CC1O.COC[C@H]1O[C@@H](n2ccc(=O)[nH]c2=O)CC1O.Nc1nc2c(c(=O)[nH]1)N1CN(c3ccc(C(=O)NC(CCC(=O)O)C(=O)O)cc3)CC1CN2.Nc1nc2c(c(=O)[nH]1)N=C(CNc1ccc(C(=O)NC(CCC(=O)O)C(=O)O)cc1)CN2.Nc1nc2c(c(=O)[nH]1)NC(CNc1ccc(C(=O)NC(CCC(=O)O)C(=O)O)cc1)CN2. The van der Waals surface area contributed by atoms with Gasteiger partial charge in [0.15, 0.2) is 23.1 Å². The van der Waals surface area contributed by atoms with Crippen LogP contribution in [-0.4, -0.2) is 277 Å². The maximum absolute atomic E-state index is 12.4. The number of aryl methyl sites for hydroxylation is 1. The summed E-state index contributed by atoms with van der Waals surface area (Å²) in [6.07, 6.45) is -1.83. The number of aliphatic hydroxyl groups is 2. The molecule has 7 unspecified atom stereocenters. The number of carbonyl (C=O) groups excluding carboxylic acids is 3. The first kappa shape index (κ1) is 98.3. The van der Waals surface area contributed by atoms with Gasteiger partial charge in [-0.15, -0.1) is 0 Å². The summed E-state index contributed by atoms with van der Waals surface area (Å²) < 4.78 is 23.4. The van der Waals surface area contributed by atoms with Crippen LogP contribution in [0.15, 0.2) is 130 Å². The molecule has 14 rings (SSSR count). The molecule has 0 bridgehead atoms. The number of benzene rings is 3. The van der Waals surface area contributed by atoms with E-state index in [9.17, 15) is 92.0 Å². The summed E-state index contributed by atoms with van der Waals surface area (Å²) >= 11 is 0. The van der Waals surface area contributed by atoms with Gasteiger partial charge in [-0.3, -0.25) is 86.8 Å². The molecule has 0 aliphatic carbocycles. The van der Waals surface area contributed by atoms with E-state index in [-0.39, 0.29) is 115 Å². The van der Waals surface area contributed by atoms with Crippen LogP contribution < -0.4 is 114 Å². The molecule has 3 amide bonds. The van der Waals surface area contributed by atoms with Crippen molar-refractivity contribution in [2.75, 3.05) is 132 Å². The van der Waals surface area contributed by atoms with Crippen molar-refractivity contribution in [1.29, 1.82) is 0 Å². The first-order chi connectivity index (χ1) is 62.8. The van der Waals surface area contributed by atoms with Crippen molar-refractivity contribution >= 4 is 129 Å². The van der Waals surface area contributed by atoms with Gasteiger partial charge in [-0.1, -0.05) is 0 Å². The first-order valence-electron chi connectivity index (χ1n) is 40.4. The van der Waals surface area contributed by atoms with Crippen LogP contribution in [0.3, 0.4) is 0 Å². The average molecular weight is 1840 g/mol. The van der Waals surface area contributed by atoms with Gasteiger partial charge in [-0.2, -0.15) is 15.0 Å². The zero-order chi connectivity index (χ0) is 95.9. The van der Waals surface area contributed by atoms with E-state index in [4.69, 9.17) is 61.7 Å². The Morgan fingerprint density at radius 2 is 1.00 bits per heavy atom. The number of nitrogens with one attached hydrogen (secondary N) is 14. The number of amides is 3. The van der Waals surface area contributed by atoms with E-state index in [2.05, 4.69) is 92.7 Å². The van der Waals surface area contributed by atoms with Gasteiger partial charge in [0.2, 0.25) is 17.8 Å². The summed E-state index contributed by atoms with van der Waals surface area (Å²) in [5, 5.41) is 98.7. The number of carboxylic acid groups (broad SMARTS) is 6. The number of hydrogen-bond acceptors (Lipinski definition) is 37. The highest BCUT2D eigenvalue weighted by Gasteiger charge is 2.40. The van der Waals surface area contributed by atoms with Gasteiger partial charge in [0.05, 0.1) is 63.0 Å². The molecule has 28 N–H and O–H groups in total. The summed E-state index contributed by atoms with van der Waals surface area (Å²) in [5.74, 6) is -7.96. The van der Waals surface area contributed by atoms with Crippen LogP contribution in [0.2, 0.25) is 0 Å². The third-order valence-electron chi connectivity index (χ3n) is 20.6. The second-order valence-electron chi connectivity index (χ2n) is 30.2. The molecule has 3 fully saturated rings. The summed E-state index contributed by atoms with van der Waals surface area (Å²) in [4.78, 5) is 217. The Balaban J connectivity index is 0.000000175. The van der Waals surface area contributed by atoms with Crippen LogP contribution in [0.4, 0.5) is 69.4 Å². The molecule has 53 heteroatoms. The summed E-state index contributed by atoms with van der Waals surface area (Å²) in [7, 11) is 3.02. The number of nitrogen functional groups attached to an aromatic ring is 3. The Morgan fingerprint density at radius 3 is 1.50 bits per heavy atom. The number of methoxy groups -OCH3 is 2. The number of anilines is 11. The molecule has 0 radical (unpaired) electrons. The van der Waals surface area contributed by atoms with Gasteiger partial charge < -0.3 is 135 Å². The summed E-state index contributed by atoms with van der Waals surface area (Å²) in [6.45, 7) is 5.43. The standard InChI is InChI=1S/C20H23N7O6.C19H23N7O6.C19H21N7O6.C11H16N2O5.C10H14N2O5/c21-20-24-16-15(18(31)25-20)27-9-26(8-12(27)7-22-16)11-3-1-10(2-4-11)17(30)23-13(19(32)33)5-6-14(28)29;2*20-19-25-15-14(17(30)26-19)23-11(8-22-15)7-21-10-3-1-9(2-4-10)16(29)24-12(18(31)32)5-6-13(27)28;1-6-4-13(11(16)12-10(6)15)9-3-7(14)8(18-9)5-17-2;1-16-5-7-6(13)4-9(17-7)12-3-2-8(14)11-10(12)15/h1-4,12-13H,5-9H2,(H,23,30)(H,28,29)(H,32,33)(H4,21,22,24,25,31);1-4,11-12,21,23H,5-8H2,(H,24,29)(H,27,28)(H,31,32)(H4,20,22,25,26,30);1-4,12,21H,5-8H2,(H,24,29)(H,27,28)(H,31,32)(H4,20,22,25,26,30);4,7-9,14H,3,5H2,1-2H3,(H,12,15,16);2-3,6-7,9,13H,4-5H2,1H3,(H,11,14,15)/t;;;7?,8-,9-;6?,7-,9-/m...11/s1. The van der Waals surface area contributed by atoms with Crippen molar-refractivity contribution in [3.63, 3.8) is 0 Å². The Hall–Kier alpha value is -15.9. The number of nitrogens with zero attached hydrogens (tertiary/aromatic N) is 8. The van der Waals surface area contributed by atoms with Crippen LogP contribution >= 0.6 is 0 Å². The highest BCUT2D eigenvalue weighted by atomic mass is 16.6. The number of ether oxygens (including phenoxy) is 4. The van der Waals surface area contributed by atoms with Gasteiger partial charge in [0.1, 0.15) is 54.2 Å². The molecule has 11 atom stereocenters. The maximum atomic E-state index is 12.4. The molecule has 3 aromatic carbocycles. The molecule has 132 heavy (non-hydrogen) atoms. The van der Waals surface area contributed by atoms with Crippen molar-refractivity contribution in [2.45, 2.75) is 125 Å². The second kappa shape index (κ2) is 45.2. The van der Waals surface area contributed by atoms with Gasteiger partial charge >= 0.3 is 47.2 Å². The molecule has 0 saturated carbocycles. The zero-order valence-corrected chi connectivity index (χ0v) is 70.6. The Kier molecular flexibility index (Phi) is 33.7. The zero-order valence-electron chi connectivity index (χ0n) is 70.6. The maximum Gasteiger partial charge on any atom is 0.330 e. The second-order valence-corrected chi connectivity index (χ2v) is 30.2. The normalized spacial score (nSPS) is 18.8. The van der Waals surface area contributed by atoms with Crippen molar-refractivity contribution in [3.05, 3.63) is 186 Å². The number of fused-ring (bicyclic) bond motifs is 5. The van der Waals surface area contributed by atoms with Gasteiger partial charge in [-0.05, 0) is 99.0 Å². The number of nitrogens with two attached hydrogens (primary N) is 3. The smallest absolute Gasteiger partial charge is 0.330 e. The average Bonchev–Trinajstić information content (AvgIpc) is 1.59. The molecular formula is C79H97N25O28. The van der Waals surface area contributed by atoms with Crippen LogP contribution in [-0.2, 0) is 47.7 Å². The van der Waals surface area contributed by atoms with E-state index >= 15 is 0 Å². The molecule has 3 saturated heterocycles. The van der Waals surface area contributed by atoms with Crippen molar-refractivity contribution in [2.24, 2.45) is 4.99 Å².